The molecule has 1 amide bonds. The van der Waals surface area contributed by atoms with Crippen molar-refractivity contribution in [3.05, 3.63) is 52.3 Å². The number of carbonyl (C=O) groups excluding carboxylic acids is 1. The number of ether oxygens (including phenoxy) is 1. The molecule has 0 atom stereocenters. The van der Waals surface area contributed by atoms with Crippen molar-refractivity contribution in [2.24, 2.45) is 5.41 Å². The Hall–Kier alpha value is -3.46. The van der Waals surface area contributed by atoms with E-state index in [1.54, 1.807) is 27.7 Å². The zero-order valence-electron chi connectivity index (χ0n) is 23.2. The van der Waals surface area contributed by atoms with Gasteiger partial charge >= 0.3 is 16.3 Å². The molecule has 0 radical (unpaired) electrons. The van der Waals surface area contributed by atoms with Crippen LogP contribution in [0.1, 0.15) is 53.0 Å². The van der Waals surface area contributed by atoms with Gasteiger partial charge in [0.15, 0.2) is 0 Å². The summed E-state index contributed by atoms with van der Waals surface area (Å²) in [5.74, 6) is -0.250. The van der Waals surface area contributed by atoms with Crippen molar-refractivity contribution in [3.63, 3.8) is 0 Å². The van der Waals surface area contributed by atoms with Crippen molar-refractivity contribution in [2.75, 3.05) is 13.1 Å². The van der Waals surface area contributed by atoms with Crippen molar-refractivity contribution in [1.82, 2.24) is 20.0 Å². The zero-order valence-corrected chi connectivity index (χ0v) is 24.0. The number of aromatic amines is 1. The number of benzene rings is 1. The van der Waals surface area contributed by atoms with Crippen molar-refractivity contribution < 1.29 is 38.6 Å². The van der Waals surface area contributed by atoms with Gasteiger partial charge in [0.05, 0.1) is 0 Å². The molecule has 0 unspecified atom stereocenters. The average Bonchev–Trinajstić information content (AvgIpc) is 3.26. The lowest BCUT2D eigenvalue weighted by Gasteiger charge is -2.48. The molecular weight excluding hydrogens is 575 g/mol. The van der Waals surface area contributed by atoms with Crippen LogP contribution in [0.4, 0.5) is 24.2 Å². The van der Waals surface area contributed by atoms with Gasteiger partial charge < -0.3 is 24.3 Å². The third kappa shape index (κ3) is 6.89. The van der Waals surface area contributed by atoms with Crippen LogP contribution < -0.4 is 5.56 Å². The van der Waals surface area contributed by atoms with Crippen molar-refractivity contribution in [3.8, 4) is 22.5 Å². The fraction of sp³-hybridized carbons (Fsp3) is 0.462. The lowest BCUT2D eigenvalue weighted by atomic mass is 9.75. The molecular formula is C26H31F5N4O5S. The van der Waals surface area contributed by atoms with Gasteiger partial charge in [-0.25, -0.2) is 4.79 Å². The molecule has 2 aromatic heterocycles. The lowest BCUT2D eigenvalue weighted by molar-refractivity contribution is -0.0276. The fourth-order valence-corrected chi connectivity index (χ4v) is 5.17. The molecule has 1 fully saturated rings. The third-order valence-corrected chi connectivity index (χ3v) is 7.49. The highest BCUT2D eigenvalue weighted by Crippen LogP contribution is 3.02. The van der Waals surface area contributed by atoms with E-state index < -0.39 is 43.4 Å². The van der Waals surface area contributed by atoms with E-state index in [2.05, 4.69) is 15.1 Å². The second kappa shape index (κ2) is 8.77. The predicted octanol–water partition coefficient (Wildman–Crippen LogP) is 6.78. The number of aromatic nitrogens is 3. The maximum atomic E-state index is 13.8. The second-order valence-corrected chi connectivity index (χ2v) is 14.6. The van der Waals surface area contributed by atoms with Crippen molar-refractivity contribution >= 4 is 16.3 Å². The van der Waals surface area contributed by atoms with E-state index >= 15 is 0 Å². The maximum absolute atomic E-state index is 13.8. The Morgan fingerprint density at radius 3 is 2.29 bits per heavy atom. The highest BCUT2D eigenvalue weighted by atomic mass is 32.5. The van der Waals surface area contributed by atoms with Crippen LogP contribution >= 0.6 is 10.2 Å². The molecule has 1 aliphatic heterocycles. The topological polar surface area (TPSA) is 122 Å². The van der Waals surface area contributed by atoms with Crippen molar-refractivity contribution in [1.29, 1.82) is 0 Å². The summed E-state index contributed by atoms with van der Waals surface area (Å²) in [5, 5.41) is 13.8. The van der Waals surface area contributed by atoms with Gasteiger partial charge in [0.1, 0.15) is 16.1 Å². The first-order valence-electron chi connectivity index (χ1n) is 12.5. The number of hydrogen-bond donors (Lipinski definition) is 2. The van der Waals surface area contributed by atoms with Crippen molar-refractivity contribution in [2.45, 2.75) is 64.1 Å². The van der Waals surface area contributed by atoms with E-state index in [-0.39, 0.29) is 59.5 Å². The highest BCUT2D eigenvalue weighted by Gasteiger charge is 2.65. The van der Waals surface area contributed by atoms with Gasteiger partial charge in [0.25, 0.3) is 11.4 Å². The molecule has 9 nitrogen and oxygen atoms in total. The Balaban J connectivity index is 1.76. The molecule has 1 saturated heterocycles. The van der Waals surface area contributed by atoms with Gasteiger partial charge in [0.2, 0.25) is 5.82 Å². The Labute approximate surface area is 232 Å². The van der Waals surface area contributed by atoms with Crippen LogP contribution in [0.3, 0.4) is 0 Å². The van der Waals surface area contributed by atoms with Gasteiger partial charge in [-0.3, -0.25) is 4.79 Å². The first-order chi connectivity index (χ1) is 18.3. The van der Waals surface area contributed by atoms with Crippen LogP contribution in [0.15, 0.2) is 44.7 Å². The van der Waals surface area contributed by atoms with E-state index in [1.165, 1.54) is 31.0 Å². The smallest absolute Gasteiger partial charge is 0.410 e. The predicted molar refractivity (Wildman–Crippen MR) is 142 cm³/mol. The molecule has 4 rings (SSSR count). The summed E-state index contributed by atoms with van der Waals surface area (Å²) in [6, 6.07) is 2.68. The van der Waals surface area contributed by atoms with Crippen LogP contribution in [0.5, 0.6) is 0 Å². The van der Waals surface area contributed by atoms with Crippen LogP contribution in [-0.4, -0.2) is 49.9 Å². The summed E-state index contributed by atoms with van der Waals surface area (Å²) in [4.78, 5) is 31.0. The number of likely N-dealkylation sites (tertiary alicyclic amines) is 1. The molecule has 0 bridgehead atoms. The van der Waals surface area contributed by atoms with Crippen LogP contribution in [0.2, 0.25) is 0 Å². The van der Waals surface area contributed by atoms with E-state index in [0.717, 1.165) is 6.07 Å². The fourth-order valence-electron chi connectivity index (χ4n) is 4.50. The SMILES string of the molecule is CC1(Cc2ccc(S(F)(F)(F)(F)F)cc2-c2cc(-c3noc(C(C)(C)O)n3)c[nH]c2=O)CN(C(=O)OC(C)(C)C)C1. The van der Waals surface area contributed by atoms with Gasteiger partial charge in [-0.1, -0.05) is 37.6 Å². The first kappa shape index (κ1) is 30.5. The Kier molecular flexibility index (Phi) is 6.52. The Morgan fingerprint density at radius 1 is 1.12 bits per heavy atom. The number of nitrogens with zero attached hydrogens (tertiary/aromatic N) is 3. The minimum atomic E-state index is -10.1. The normalized spacial score (nSPS) is 17.4. The first-order valence-corrected chi connectivity index (χ1v) is 14.4. The summed E-state index contributed by atoms with van der Waals surface area (Å²) in [7, 11) is -10.1. The number of amides is 1. The molecule has 3 heterocycles. The van der Waals surface area contributed by atoms with E-state index in [0.29, 0.717) is 6.07 Å². The number of hydrogen-bond acceptors (Lipinski definition) is 7. The Bertz CT molecular complexity index is 1570. The molecule has 1 aliphatic rings. The summed E-state index contributed by atoms with van der Waals surface area (Å²) < 4.78 is 79.5. The van der Waals surface area contributed by atoms with Crippen LogP contribution in [-0.2, 0) is 16.8 Å². The van der Waals surface area contributed by atoms with E-state index in [4.69, 9.17) is 9.26 Å². The van der Waals surface area contributed by atoms with Gasteiger partial charge in [-0.15, -0.1) is 0 Å². The van der Waals surface area contributed by atoms with Gasteiger partial charge in [-0.05, 0) is 70.4 Å². The number of pyridine rings is 1. The monoisotopic (exact) mass is 606 g/mol. The lowest BCUT2D eigenvalue weighted by Crippen LogP contribution is -2.58. The number of halogens is 5. The second-order valence-electron chi connectivity index (χ2n) is 12.2. The summed E-state index contributed by atoms with van der Waals surface area (Å²) in [6.07, 6.45) is 0.697. The largest absolute Gasteiger partial charge is 0.444 e. The quantitative estimate of drug-likeness (QED) is 0.297. The molecule has 15 heteroatoms. The number of carbonyl (C=O) groups is 1. The molecule has 2 N–H and O–H groups in total. The average molecular weight is 607 g/mol. The van der Waals surface area contributed by atoms with E-state index in [1.807, 2.05) is 0 Å². The van der Waals surface area contributed by atoms with Crippen LogP contribution in [0.25, 0.3) is 22.5 Å². The minimum Gasteiger partial charge on any atom is -0.444 e. The molecule has 41 heavy (non-hydrogen) atoms. The minimum absolute atomic E-state index is 0.0664. The summed E-state index contributed by atoms with van der Waals surface area (Å²) in [5.41, 5.74) is -4.09. The maximum Gasteiger partial charge on any atom is 0.410 e. The molecule has 3 aromatic rings. The standard InChI is InChI=1S/C26H31F5N4O5S/c1-24(2,3)39-23(37)35-13-26(6,14-35)11-15-7-8-17(41(27,28,29,30)31)10-18(15)19-9-16(12-32-21(19)36)20-33-22(40-34-20)25(4,5)38/h7-10,12,38H,11,13-14H2,1-6H3,(H,32,36). The third-order valence-electron chi connectivity index (χ3n) is 6.34. The Morgan fingerprint density at radius 2 is 1.76 bits per heavy atom. The molecule has 226 valence electrons. The number of rotatable bonds is 6. The summed E-state index contributed by atoms with van der Waals surface area (Å²) in [6.45, 7) is 10.1. The van der Waals surface area contributed by atoms with Gasteiger partial charge in [0, 0.05) is 35.8 Å². The number of nitrogens with one attached hydrogen (secondary N) is 1. The number of aliphatic hydroxyl groups is 1. The van der Waals surface area contributed by atoms with Gasteiger partial charge in [-0.2, -0.15) is 4.98 Å². The molecule has 0 spiro atoms. The molecule has 0 aliphatic carbocycles. The highest BCUT2D eigenvalue weighted by molar-refractivity contribution is 8.45. The summed E-state index contributed by atoms with van der Waals surface area (Å²) >= 11 is 0. The molecule has 0 saturated carbocycles. The number of H-pyrrole nitrogens is 1. The van der Waals surface area contributed by atoms with E-state index in [9.17, 15) is 34.1 Å². The molecule has 1 aromatic carbocycles. The van der Waals surface area contributed by atoms with Crippen LogP contribution in [0, 0.1) is 5.41 Å². The zero-order chi connectivity index (χ0) is 30.9.